The summed E-state index contributed by atoms with van der Waals surface area (Å²) in [5, 5.41) is 14.0. The molecule has 0 radical (unpaired) electrons. The van der Waals surface area contributed by atoms with E-state index in [1.807, 2.05) is 4.90 Å². The number of carbonyl (C=O) groups excluding carboxylic acids is 1. The first-order chi connectivity index (χ1) is 12.7. The maximum Gasteiger partial charge on any atom is 0.418 e. The number of para-hydroxylation sites is 1. The second-order valence-electron chi connectivity index (χ2n) is 7.23. The number of rotatable bonds is 7. The number of carbonyl (C=O) groups is 2. The maximum absolute atomic E-state index is 13.0. The Morgan fingerprint density at radius 2 is 1.85 bits per heavy atom. The zero-order valence-corrected chi connectivity index (χ0v) is 14.6. The van der Waals surface area contributed by atoms with Crippen LogP contribution in [0.1, 0.15) is 31.2 Å². The predicted molar refractivity (Wildman–Crippen MR) is 92.3 cm³/mol. The highest BCUT2D eigenvalue weighted by Crippen LogP contribution is 2.35. The van der Waals surface area contributed by atoms with Crippen molar-refractivity contribution in [3.8, 4) is 0 Å². The number of amides is 2. The third-order valence-electron chi connectivity index (χ3n) is 4.97. The van der Waals surface area contributed by atoms with E-state index in [2.05, 4.69) is 10.6 Å². The fourth-order valence-corrected chi connectivity index (χ4v) is 3.34. The van der Waals surface area contributed by atoms with Crippen LogP contribution in [0.4, 0.5) is 23.7 Å². The summed E-state index contributed by atoms with van der Waals surface area (Å²) in [7, 11) is 0. The molecule has 0 aliphatic heterocycles. The van der Waals surface area contributed by atoms with Crippen LogP contribution in [0.3, 0.4) is 0 Å². The molecule has 2 aliphatic rings. The summed E-state index contributed by atoms with van der Waals surface area (Å²) < 4.78 is 38.9. The molecule has 3 N–H and O–H groups in total. The van der Waals surface area contributed by atoms with Crippen molar-refractivity contribution < 1.29 is 27.9 Å². The summed E-state index contributed by atoms with van der Waals surface area (Å²) >= 11 is 0. The Bertz CT molecular complexity index is 701. The van der Waals surface area contributed by atoms with Crippen LogP contribution >= 0.6 is 0 Å². The number of nitrogens with one attached hydrogen (secondary N) is 2. The summed E-state index contributed by atoms with van der Waals surface area (Å²) in [6.07, 6.45) is -1.13. The van der Waals surface area contributed by atoms with Crippen molar-refractivity contribution in [1.82, 2.24) is 10.2 Å². The molecule has 0 aromatic heterocycles. The molecular weight excluding hydrogens is 363 g/mol. The van der Waals surface area contributed by atoms with Crippen LogP contribution in [0, 0.1) is 5.92 Å². The summed E-state index contributed by atoms with van der Waals surface area (Å²) in [6.45, 7) is 0.716. The maximum atomic E-state index is 13.0. The lowest BCUT2D eigenvalue weighted by Crippen LogP contribution is -2.55. The zero-order chi connectivity index (χ0) is 19.6. The van der Waals surface area contributed by atoms with Crippen molar-refractivity contribution in [3.05, 3.63) is 29.8 Å². The SMILES string of the molecule is O=C(O)CN(CC1CC1)C1CC(NC(=O)Nc2ccccc2C(F)(F)F)C1. The third kappa shape index (κ3) is 5.35. The van der Waals surface area contributed by atoms with Crippen molar-refractivity contribution >= 4 is 17.7 Å². The Labute approximate surface area is 154 Å². The van der Waals surface area contributed by atoms with E-state index in [9.17, 15) is 22.8 Å². The van der Waals surface area contributed by atoms with Gasteiger partial charge < -0.3 is 15.7 Å². The van der Waals surface area contributed by atoms with E-state index in [4.69, 9.17) is 5.11 Å². The fraction of sp³-hybridized carbons (Fsp3) is 0.556. The number of urea groups is 1. The Balaban J connectivity index is 1.50. The number of carboxylic acids is 1. The van der Waals surface area contributed by atoms with Gasteiger partial charge in [0.05, 0.1) is 17.8 Å². The Morgan fingerprint density at radius 3 is 2.44 bits per heavy atom. The second-order valence-corrected chi connectivity index (χ2v) is 7.23. The Morgan fingerprint density at radius 1 is 1.19 bits per heavy atom. The van der Waals surface area contributed by atoms with E-state index in [-0.39, 0.29) is 24.3 Å². The molecule has 0 unspecified atom stereocenters. The predicted octanol–water partition coefficient (Wildman–Crippen LogP) is 3.15. The van der Waals surface area contributed by atoms with Crippen LogP contribution in [-0.2, 0) is 11.0 Å². The summed E-state index contributed by atoms with van der Waals surface area (Å²) in [4.78, 5) is 25.0. The number of benzene rings is 1. The van der Waals surface area contributed by atoms with E-state index < -0.39 is 23.7 Å². The van der Waals surface area contributed by atoms with Gasteiger partial charge in [-0.2, -0.15) is 13.2 Å². The lowest BCUT2D eigenvalue weighted by molar-refractivity contribution is -0.140. The van der Waals surface area contributed by atoms with Gasteiger partial charge in [0.2, 0.25) is 0 Å². The molecular formula is C18H22F3N3O3. The highest BCUT2D eigenvalue weighted by molar-refractivity contribution is 5.90. The molecule has 0 spiro atoms. The average molecular weight is 385 g/mol. The number of anilines is 1. The van der Waals surface area contributed by atoms with Gasteiger partial charge in [-0.1, -0.05) is 12.1 Å². The largest absolute Gasteiger partial charge is 0.480 e. The van der Waals surface area contributed by atoms with E-state index in [0.29, 0.717) is 18.8 Å². The number of nitrogens with zero attached hydrogens (tertiary/aromatic N) is 1. The molecule has 9 heteroatoms. The van der Waals surface area contributed by atoms with Gasteiger partial charge in [-0.3, -0.25) is 9.69 Å². The molecule has 2 aliphatic carbocycles. The quantitative estimate of drug-likeness (QED) is 0.674. The van der Waals surface area contributed by atoms with Crippen molar-refractivity contribution in [1.29, 1.82) is 0 Å². The van der Waals surface area contributed by atoms with Crippen LogP contribution < -0.4 is 10.6 Å². The number of hydrogen-bond acceptors (Lipinski definition) is 3. The topological polar surface area (TPSA) is 81.7 Å². The number of halogens is 3. The minimum Gasteiger partial charge on any atom is -0.480 e. The van der Waals surface area contributed by atoms with E-state index in [1.54, 1.807) is 0 Å². The lowest BCUT2D eigenvalue weighted by atomic mass is 9.85. The van der Waals surface area contributed by atoms with Crippen molar-refractivity contribution in [2.75, 3.05) is 18.4 Å². The van der Waals surface area contributed by atoms with Gasteiger partial charge in [-0.05, 0) is 43.7 Å². The highest BCUT2D eigenvalue weighted by Gasteiger charge is 2.38. The molecule has 6 nitrogen and oxygen atoms in total. The van der Waals surface area contributed by atoms with E-state index >= 15 is 0 Å². The summed E-state index contributed by atoms with van der Waals surface area (Å²) in [5.41, 5.74) is -1.19. The first kappa shape index (κ1) is 19.5. The van der Waals surface area contributed by atoms with Gasteiger partial charge in [-0.25, -0.2) is 4.79 Å². The average Bonchev–Trinajstić information content (AvgIpc) is 3.33. The molecule has 0 atom stereocenters. The first-order valence-electron chi connectivity index (χ1n) is 8.92. The Hall–Kier alpha value is -2.29. The molecule has 0 heterocycles. The van der Waals surface area contributed by atoms with Crippen LogP contribution in [0.15, 0.2) is 24.3 Å². The smallest absolute Gasteiger partial charge is 0.418 e. The molecule has 1 aromatic carbocycles. The molecule has 2 amide bonds. The van der Waals surface area contributed by atoms with E-state index in [1.165, 1.54) is 18.2 Å². The van der Waals surface area contributed by atoms with Crippen molar-refractivity contribution in [2.45, 2.75) is 43.9 Å². The van der Waals surface area contributed by atoms with Crippen LogP contribution in [-0.4, -0.2) is 47.2 Å². The molecule has 2 fully saturated rings. The van der Waals surface area contributed by atoms with Crippen molar-refractivity contribution in [3.63, 3.8) is 0 Å². The molecule has 3 rings (SSSR count). The molecule has 148 valence electrons. The van der Waals surface area contributed by atoms with Gasteiger partial charge in [-0.15, -0.1) is 0 Å². The third-order valence-corrected chi connectivity index (χ3v) is 4.97. The van der Waals surface area contributed by atoms with Crippen LogP contribution in [0.25, 0.3) is 0 Å². The molecule has 2 saturated carbocycles. The molecule has 1 aromatic rings. The first-order valence-corrected chi connectivity index (χ1v) is 8.92. The summed E-state index contributed by atoms with van der Waals surface area (Å²) in [6, 6.07) is 4.01. The normalized spacial score (nSPS) is 22.2. The molecule has 27 heavy (non-hydrogen) atoms. The monoisotopic (exact) mass is 385 g/mol. The lowest BCUT2D eigenvalue weighted by Gasteiger charge is -2.42. The fourth-order valence-electron chi connectivity index (χ4n) is 3.34. The van der Waals surface area contributed by atoms with Crippen molar-refractivity contribution in [2.24, 2.45) is 5.92 Å². The number of hydrogen-bond donors (Lipinski definition) is 3. The number of aliphatic carboxylic acids is 1. The van der Waals surface area contributed by atoms with Gasteiger partial charge in [0.15, 0.2) is 0 Å². The summed E-state index contributed by atoms with van der Waals surface area (Å²) in [5.74, 6) is -0.327. The van der Waals surface area contributed by atoms with Gasteiger partial charge in [0.25, 0.3) is 0 Å². The highest BCUT2D eigenvalue weighted by atomic mass is 19.4. The molecule has 0 bridgehead atoms. The van der Waals surface area contributed by atoms with E-state index in [0.717, 1.165) is 25.5 Å². The van der Waals surface area contributed by atoms with Crippen LogP contribution in [0.2, 0.25) is 0 Å². The van der Waals surface area contributed by atoms with Gasteiger partial charge in [0, 0.05) is 18.6 Å². The minimum absolute atomic E-state index is 0.0287. The van der Waals surface area contributed by atoms with Crippen LogP contribution in [0.5, 0.6) is 0 Å². The van der Waals surface area contributed by atoms with Gasteiger partial charge >= 0.3 is 18.2 Å². The minimum atomic E-state index is -4.55. The number of carboxylic acid groups (broad SMARTS) is 1. The standard InChI is InChI=1S/C18H22F3N3O3/c19-18(20,21)14-3-1-2-4-15(14)23-17(27)22-12-7-13(8-12)24(10-16(25)26)9-11-5-6-11/h1-4,11-13H,5-10H2,(H,25,26)(H2,22,23,27). The molecule has 0 saturated heterocycles. The second kappa shape index (κ2) is 7.75. The number of alkyl halides is 3. The zero-order valence-electron chi connectivity index (χ0n) is 14.6. The Kier molecular flexibility index (Phi) is 5.59. The van der Waals surface area contributed by atoms with Gasteiger partial charge in [0.1, 0.15) is 0 Å².